The van der Waals surface area contributed by atoms with Crippen LogP contribution in [0, 0.1) is 0 Å². The van der Waals surface area contributed by atoms with Gasteiger partial charge in [-0.2, -0.15) is 0 Å². The van der Waals surface area contributed by atoms with Crippen LogP contribution in [-0.2, 0) is 9.53 Å². The van der Waals surface area contributed by atoms with Crippen LogP contribution in [0.3, 0.4) is 0 Å². The van der Waals surface area contributed by atoms with Crippen molar-refractivity contribution >= 4 is 23.2 Å². The van der Waals surface area contributed by atoms with E-state index in [9.17, 15) is 9.59 Å². The van der Waals surface area contributed by atoms with Crippen LogP contribution in [-0.4, -0.2) is 36.7 Å². The van der Waals surface area contributed by atoms with Gasteiger partial charge in [-0.05, 0) is 17.0 Å². The summed E-state index contributed by atoms with van der Waals surface area (Å²) >= 11 is 1.28. The second-order valence-electron chi connectivity index (χ2n) is 4.26. The SMILES string of the molecule is COC(=O)C(CO)NC(=O)c1sccc1-c1ccccc1. The number of hydrogen-bond acceptors (Lipinski definition) is 5. The van der Waals surface area contributed by atoms with Crippen molar-refractivity contribution in [2.24, 2.45) is 0 Å². The Labute approximate surface area is 126 Å². The Morgan fingerprint density at radius 1 is 1.29 bits per heavy atom. The summed E-state index contributed by atoms with van der Waals surface area (Å²) in [5, 5.41) is 13.4. The average Bonchev–Trinajstić information content (AvgIpc) is 3.02. The summed E-state index contributed by atoms with van der Waals surface area (Å²) in [4.78, 5) is 24.2. The van der Waals surface area contributed by atoms with E-state index in [2.05, 4.69) is 10.1 Å². The number of amides is 1. The zero-order valence-corrected chi connectivity index (χ0v) is 12.2. The van der Waals surface area contributed by atoms with E-state index in [1.807, 2.05) is 41.8 Å². The molecule has 1 amide bonds. The zero-order valence-electron chi connectivity index (χ0n) is 11.4. The van der Waals surface area contributed by atoms with Gasteiger partial charge in [0.1, 0.15) is 0 Å². The number of aliphatic hydroxyl groups excluding tert-OH is 1. The number of rotatable bonds is 5. The number of methoxy groups -OCH3 is 1. The molecule has 0 radical (unpaired) electrons. The quantitative estimate of drug-likeness (QED) is 0.824. The number of benzene rings is 1. The first kappa shape index (κ1) is 15.2. The maximum Gasteiger partial charge on any atom is 0.330 e. The summed E-state index contributed by atoms with van der Waals surface area (Å²) in [6.45, 7) is -0.509. The van der Waals surface area contributed by atoms with Crippen molar-refractivity contribution in [2.45, 2.75) is 6.04 Å². The summed E-state index contributed by atoms with van der Waals surface area (Å²) in [6, 6.07) is 10.3. The molecular formula is C15H15NO4S. The molecule has 21 heavy (non-hydrogen) atoms. The molecule has 110 valence electrons. The molecule has 1 heterocycles. The summed E-state index contributed by atoms with van der Waals surface area (Å²) in [5.74, 6) is -1.09. The smallest absolute Gasteiger partial charge is 0.330 e. The molecule has 0 bridgehead atoms. The number of thiophene rings is 1. The molecule has 5 nitrogen and oxygen atoms in total. The van der Waals surface area contributed by atoms with Gasteiger partial charge in [0.15, 0.2) is 6.04 Å². The van der Waals surface area contributed by atoms with Gasteiger partial charge in [0, 0.05) is 5.56 Å². The van der Waals surface area contributed by atoms with Crippen LogP contribution in [0.1, 0.15) is 9.67 Å². The lowest BCUT2D eigenvalue weighted by atomic mass is 10.1. The zero-order chi connectivity index (χ0) is 15.2. The molecule has 0 spiro atoms. The first-order valence-corrected chi connectivity index (χ1v) is 7.17. The minimum Gasteiger partial charge on any atom is -0.467 e. The summed E-state index contributed by atoms with van der Waals surface area (Å²) in [6.07, 6.45) is 0. The van der Waals surface area contributed by atoms with Crippen LogP contribution in [0.5, 0.6) is 0 Å². The minimum absolute atomic E-state index is 0.409. The van der Waals surface area contributed by atoms with E-state index in [4.69, 9.17) is 5.11 Å². The van der Waals surface area contributed by atoms with Gasteiger partial charge in [-0.15, -0.1) is 11.3 Å². The number of esters is 1. The minimum atomic E-state index is -1.06. The third kappa shape index (κ3) is 3.48. The van der Waals surface area contributed by atoms with Crippen molar-refractivity contribution in [3.63, 3.8) is 0 Å². The van der Waals surface area contributed by atoms with Gasteiger partial charge in [-0.3, -0.25) is 4.79 Å². The normalized spacial score (nSPS) is 11.7. The summed E-state index contributed by atoms with van der Waals surface area (Å²) < 4.78 is 4.53. The summed E-state index contributed by atoms with van der Waals surface area (Å²) in [5.41, 5.74) is 1.71. The molecule has 0 aliphatic carbocycles. The van der Waals surface area contributed by atoms with Gasteiger partial charge >= 0.3 is 5.97 Å². The predicted octanol–water partition coefficient (Wildman–Crippen LogP) is 1.68. The third-order valence-electron chi connectivity index (χ3n) is 2.93. The molecule has 0 saturated carbocycles. The lowest BCUT2D eigenvalue weighted by molar-refractivity contribution is -0.143. The van der Waals surface area contributed by atoms with Crippen LogP contribution in [0.4, 0.5) is 0 Å². The number of carbonyl (C=O) groups excluding carboxylic acids is 2. The van der Waals surface area contributed by atoms with Crippen LogP contribution < -0.4 is 5.32 Å². The van der Waals surface area contributed by atoms with Crippen LogP contribution in [0.2, 0.25) is 0 Å². The Morgan fingerprint density at radius 3 is 2.62 bits per heavy atom. The van der Waals surface area contributed by atoms with E-state index >= 15 is 0 Å². The fraction of sp³-hybridized carbons (Fsp3) is 0.200. The summed E-state index contributed by atoms with van der Waals surface area (Å²) in [7, 11) is 1.21. The average molecular weight is 305 g/mol. The molecule has 0 saturated heterocycles. The van der Waals surface area contributed by atoms with Crippen molar-refractivity contribution < 1.29 is 19.4 Å². The fourth-order valence-electron chi connectivity index (χ4n) is 1.88. The van der Waals surface area contributed by atoms with E-state index in [0.717, 1.165) is 11.1 Å². The highest BCUT2D eigenvalue weighted by molar-refractivity contribution is 7.12. The molecule has 6 heteroatoms. The second kappa shape index (κ2) is 7.01. The van der Waals surface area contributed by atoms with Gasteiger partial charge in [0.05, 0.1) is 18.6 Å². The topological polar surface area (TPSA) is 75.6 Å². The number of nitrogens with one attached hydrogen (secondary N) is 1. The Balaban J connectivity index is 2.21. The van der Waals surface area contributed by atoms with Crippen LogP contribution >= 0.6 is 11.3 Å². The number of ether oxygens (including phenoxy) is 1. The third-order valence-corrected chi connectivity index (χ3v) is 3.84. The second-order valence-corrected chi connectivity index (χ2v) is 5.18. The van der Waals surface area contributed by atoms with Crippen molar-refractivity contribution in [1.82, 2.24) is 5.32 Å². The largest absolute Gasteiger partial charge is 0.467 e. The Kier molecular flexibility index (Phi) is 5.08. The molecule has 1 aromatic carbocycles. The van der Waals surface area contributed by atoms with Gasteiger partial charge in [0.25, 0.3) is 5.91 Å². The molecule has 0 aliphatic heterocycles. The van der Waals surface area contributed by atoms with Crippen LogP contribution in [0.15, 0.2) is 41.8 Å². The highest BCUT2D eigenvalue weighted by Crippen LogP contribution is 2.28. The van der Waals surface area contributed by atoms with Gasteiger partial charge < -0.3 is 15.2 Å². The fourth-order valence-corrected chi connectivity index (χ4v) is 2.69. The number of aliphatic hydroxyl groups is 1. The predicted molar refractivity (Wildman–Crippen MR) is 80.1 cm³/mol. The van der Waals surface area contributed by atoms with Gasteiger partial charge in [-0.25, -0.2) is 4.79 Å². The Hall–Kier alpha value is -2.18. The van der Waals surface area contributed by atoms with Gasteiger partial charge in [-0.1, -0.05) is 30.3 Å². The Morgan fingerprint density at radius 2 is 2.00 bits per heavy atom. The van der Waals surface area contributed by atoms with E-state index in [0.29, 0.717) is 4.88 Å². The maximum absolute atomic E-state index is 12.3. The van der Waals surface area contributed by atoms with Crippen molar-refractivity contribution in [2.75, 3.05) is 13.7 Å². The molecule has 0 fully saturated rings. The molecule has 2 rings (SSSR count). The molecule has 2 N–H and O–H groups in total. The lowest BCUT2D eigenvalue weighted by Crippen LogP contribution is -2.43. The molecular weight excluding hydrogens is 290 g/mol. The van der Waals surface area contributed by atoms with E-state index < -0.39 is 24.5 Å². The monoisotopic (exact) mass is 305 g/mol. The molecule has 1 atom stereocenters. The number of hydrogen-bond donors (Lipinski definition) is 2. The molecule has 1 aromatic heterocycles. The lowest BCUT2D eigenvalue weighted by Gasteiger charge is -2.13. The molecule has 2 aromatic rings. The standard InChI is InChI=1S/C15H15NO4S/c1-20-15(19)12(9-17)16-14(18)13-11(7-8-21-13)10-5-3-2-4-6-10/h2-8,12,17H,9H2,1H3,(H,16,18). The highest BCUT2D eigenvalue weighted by atomic mass is 32.1. The van der Waals surface area contributed by atoms with Crippen LogP contribution in [0.25, 0.3) is 11.1 Å². The molecule has 1 unspecified atom stereocenters. The van der Waals surface area contributed by atoms with E-state index in [1.54, 1.807) is 0 Å². The highest BCUT2D eigenvalue weighted by Gasteiger charge is 2.23. The van der Waals surface area contributed by atoms with Crippen molar-refractivity contribution in [3.05, 3.63) is 46.7 Å². The Bertz CT molecular complexity index is 624. The van der Waals surface area contributed by atoms with E-state index in [-0.39, 0.29) is 0 Å². The molecule has 0 aliphatic rings. The number of carbonyl (C=O) groups is 2. The van der Waals surface area contributed by atoms with Crippen molar-refractivity contribution in [1.29, 1.82) is 0 Å². The van der Waals surface area contributed by atoms with Gasteiger partial charge in [0.2, 0.25) is 0 Å². The van der Waals surface area contributed by atoms with Crippen molar-refractivity contribution in [3.8, 4) is 11.1 Å². The first-order valence-electron chi connectivity index (χ1n) is 6.29. The first-order chi connectivity index (χ1) is 10.2. The van der Waals surface area contributed by atoms with E-state index in [1.165, 1.54) is 18.4 Å². The maximum atomic E-state index is 12.3.